The van der Waals surface area contributed by atoms with Crippen molar-refractivity contribution in [2.45, 2.75) is 6.61 Å². The highest BCUT2D eigenvalue weighted by Gasteiger charge is 2.21. The van der Waals surface area contributed by atoms with Crippen LogP contribution in [0, 0.1) is 17.1 Å². The maximum Gasteiger partial charge on any atom is 0.264 e. The van der Waals surface area contributed by atoms with Gasteiger partial charge in [0.2, 0.25) is 0 Å². The first kappa shape index (κ1) is 21.8. The molecule has 1 fully saturated rings. The Hall–Kier alpha value is -2.89. The third kappa shape index (κ3) is 5.17. The summed E-state index contributed by atoms with van der Waals surface area (Å²) >= 11 is 3.45. The normalized spacial score (nSPS) is 14.2. The lowest BCUT2D eigenvalue weighted by Gasteiger charge is -2.26. The summed E-state index contributed by atoms with van der Waals surface area (Å²) in [6.07, 6.45) is 1.51. The Balaban J connectivity index is 1.83. The first-order chi connectivity index (χ1) is 14.5. The molecule has 6 nitrogen and oxygen atoms in total. The molecule has 1 amide bonds. The summed E-state index contributed by atoms with van der Waals surface area (Å²) in [5.41, 5.74) is 1.02. The van der Waals surface area contributed by atoms with Gasteiger partial charge in [-0.25, -0.2) is 4.39 Å². The van der Waals surface area contributed by atoms with Crippen LogP contribution in [0.15, 0.2) is 46.4 Å². The standard InChI is InChI=1S/C22H20BrFN2O4/c1-28-20-11-16(10-17(13-25)22(27)26-6-8-29-9-7-26)18(23)12-21(20)30-14-15-4-2-3-5-19(15)24/h2-5,10-12H,6-9,14H2,1H3. The molecule has 0 radical (unpaired) electrons. The molecule has 0 aromatic heterocycles. The van der Waals surface area contributed by atoms with Crippen LogP contribution in [-0.4, -0.2) is 44.2 Å². The minimum absolute atomic E-state index is 0.0136. The van der Waals surface area contributed by atoms with Crippen molar-refractivity contribution in [2.24, 2.45) is 0 Å². The number of nitriles is 1. The summed E-state index contributed by atoms with van der Waals surface area (Å²) in [6, 6.07) is 11.7. The van der Waals surface area contributed by atoms with Crippen LogP contribution in [0.2, 0.25) is 0 Å². The van der Waals surface area contributed by atoms with E-state index in [0.29, 0.717) is 53.4 Å². The van der Waals surface area contributed by atoms with Gasteiger partial charge >= 0.3 is 0 Å². The molecule has 2 aromatic carbocycles. The van der Waals surface area contributed by atoms with Crippen LogP contribution in [0.1, 0.15) is 11.1 Å². The highest BCUT2D eigenvalue weighted by Crippen LogP contribution is 2.35. The molecule has 1 saturated heterocycles. The Morgan fingerprint density at radius 2 is 2.03 bits per heavy atom. The largest absolute Gasteiger partial charge is 0.493 e. The number of halogens is 2. The van der Waals surface area contributed by atoms with Gasteiger partial charge in [-0.3, -0.25) is 4.79 Å². The summed E-state index contributed by atoms with van der Waals surface area (Å²) < 4.78 is 30.8. The Bertz CT molecular complexity index is 997. The van der Waals surface area contributed by atoms with Crippen molar-refractivity contribution < 1.29 is 23.4 Å². The molecule has 8 heteroatoms. The fourth-order valence-electron chi connectivity index (χ4n) is 2.94. The number of morpholine rings is 1. The molecule has 0 atom stereocenters. The lowest BCUT2D eigenvalue weighted by molar-refractivity contribution is -0.130. The maximum absolute atomic E-state index is 13.8. The number of ether oxygens (including phenoxy) is 3. The molecule has 0 saturated carbocycles. The molecular weight excluding hydrogens is 455 g/mol. The number of nitrogens with zero attached hydrogens (tertiary/aromatic N) is 2. The Labute approximate surface area is 182 Å². The number of benzene rings is 2. The number of hydrogen-bond donors (Lipinski definition) is 0. The van der Waals surface area contributed by atoms with E-state index in [1.54, 1.807) is 35.2 Å². The SMILES string of the molecule is COc1cc(C=C(C#N)C(=O)N2CCOCC2)c(Br)cc1OCc1ccccc1F. The first-order valence-corrected chi connectivity index (χ1v) is 10.1. The molecule has 1 heterocycles. The topological polar surface area (TPSA) is 71.8 Å². The van der Waals surface area contributed by atoms with Crippen molar-refractivity contribution in [1.29, 1.82) is 5.26 Å². The van der Waals surface area contributed by atoms with Gasteiger partial charge in [-0.2, -0.15) is 5.26 Å². The van der Waals surface area contributed by atoms with Gasteiger partial charge in [0.25, 0.3) is 5.91 Å². The maximum atomic E-state index is 13.8. The molecule has 1 aliphatic rings. The molecular formula is C22H20BrFN2O4. The minimum atomic E-state index is -0.352. The van der Waals surface area contributed by atoms with Gasteiger partial charge in [-0.15, -0.1) is 0 Å². The Kier molecular flexibility index (Phi) is 7.44. The fourth-order valence-corrected chi connectivity index (χ4v) is 3.38. The van der Waals surface area contributed by atoms with Crippen LogP contribution >= 0.6 is 15.9 Å². The van der Waals surface area contributed by atoms with Crippen LogP contribution < -0.4 is 9.47 Å². The molecule has 0 bridgehead atoms. The van der Waals surface area contributed by atoms with E-state index >= 15 is 0 Å². The summed E-state index contributed by atoms with van der Waals surface area (Å²) in [5.74, 6) is 0.113. The van der Waals surface area contributed by atoms with Crippen LogP contribution in [0.3, 0.4) is 0 Å². The van der Waals surface area contributed by atoms with Crippen LogP contribution in [0.25, 0.3) is 6.08 Å². The van der Waals surface area contributed by atoms with Crippen molar-refractivity contribution in [3.63, 3.8) is 0 Å². The quantitative estimate of drug-likeness (QED) is 0.468. The monoisotopic (exact) mass is 474 g/mol. The zero-order valence-electron chi connectivity index (χ0n) is 16.4. The number of amides is 1. The molecule has 0 spiro atoms. The molecule has 0 N–H and O–H groups in total. The predicted octanol–water partition coefficient (Wildman–Crippen LogP) is 3.94. The second-order valence-corrected chi connectivity index (χ2v) is 7.33. The van der Waals surface area contributed by atoms with Gasteiger partial charge in [0.1, 0.15) is 24.1 Å². The van der Waals surface area contributed by atoms with E-state index in [1.807, 2.05) is 6.07 Å². The van der Waals surface area contributed by atoms with Crippen molar-refractivity contribution in [2.75, 3.05) is 33.4 Å². The number of carbonyl (C=O) groups is 1. The summed E-state index contributed by atoms with van der Waals surface area (Å²) in [5, 5.41) is 9.49. The molecule has 30 heavy (non-hydrogen) atoms. The zero-order chi connectivity index (χ0) is 21.5. The lowest BCUT2D eigenvalue weighted by atomic mass is 10.1. The first-order valence-electron chi connectivity index (χ1n) is 9.26. The van der Waals surface area contributed by atoms with Crippen LogP contribution in [0.5, 0.6) is 11.5 Å². The minimum Gasteiger partial charge on any atom is -0.493 e. The van der Waals surface area contributed by atoms with E-state index in [1.165, 1.54) is 19.3 Å². The molecule has 156 valence electrons. The molecule has 0 aliphatic carbocycles. The van der Waals surface area contributed by atoms with E-state index in [4.69, 9.17) is 14.2 Å². The summed E-state index contributed by atoms with van der Waals surface area (Å²) in [7, 11) is 1.48. The van der Waals surface area contributed by atoms with Gasteiger partial charge in [0.05, 0.1) is 20.3 Å². The summed E-state index contributed by atoms with van der Waals surface area (Å²) in [6.45, 7) is 1.84. The Morgan fingerprint density at radius 1 is 1.30 bits per heavy atom. The van der Waals surface area contributed by atoms with Crippen molar-refractivity contribution >= 4 is 27.9 Å². The smallest absolute Gasteiger partial charge is 0.264 e. The van der Waals surface area contributed by atoms with E-state index in [-0.39, 0.29) is 23.9 Å². The van der Waals surface area contributed by atoms with Gasteiger partial charge in [-0.1, -0.05) is 34.1 Å². The number of carbonyl (C=O) groups excluding carboxylic acids is 1. The third-order valence-electron chi connectivity index (χ3n) is 4.57. The van der Waals surface area contributed by atoms with Crippen LogP contribution in [-0.2, 0) is 16.1 Å². The number of rotatable bonds is 6. The van der Waals surface area contributed by atoms with Gasteiger partial charge in [0.15, 0.2) is 11.5 Å². The van der Waals surface area contributed by atoms with E-state index in [9.17, 15) is 14.4 Å². The molecule has 1 aliphatic heterocycles. The van der Waals surface area contributed by atoms with Gasteiger partial charge < -0.3 is 19.1 Å². The second-order valence-electron chi connectivity index (χ2n) is 6.48. The molecule has 3 rings (SSSR count). The number of hydrogen-bond acceptors (Lipinski definition) is 5. The highest BCUT2D eigenvalue weighted by molar-refractivity contribution is 9.10. The fraction of sp³-hybridized carbons (Fsp3) is 0.273. The summed E-state index contributed by atoms with van der Waals surface area (Å²) in [4.78, 5) is 14.2. The van der Waals surface area contributed by atoms with Gasteiger partial charge in [-0.05, 0) is 29.8 Å². The molecule has 2 aromatic rings. The van der Waals surface area contributed by atoms with Crippen LogP contribution in [0.4, 0.5) is 4.39 Å². The average molecular weight is 475 g/mol. The van der Waals surface area contributed by atoms with Crippen molar-refractivity contribution in [1.82, 2.24) is 4.90 Å². The highest BCUT2D eigenvalue weighted by atomic mass is 79.9. The second kappa shape index (κ2) is 10.2. The molecule has 0 unspecified atom stereocenters. The van der Waals surface area contributed by atoms with E-state index in [2.05, 4.69) is 15.9 Å². The van der Waals surface area contributed by atoms with Gasteiger partial charge in [0, 0.05) is 23.1 Å². The van der Waals surface area contributed by atoms with E-state index < -0.39 is 0 Å². The lowest BCUT2D eigenvalue weighted by Crippen LogP contribution is -2.41. The Morgan fingerprint density at radius 3 is 2.70 bits per heavy atom. The number of methoxy groups -OCH3 is 1. The third-order valence-corrected chi connectivity index (χ3v) is 5.26. The predicted molar refractivity (Wildman–Crippen MR) is 112 cm³/mol. The van der Waals surface area contributed by atoms with Crippen molar-refractivity contribution in [3.05, 3.63) is 63.4 Å². The van der Waals surface area contributed by atoms with Crippen molar-refractivity contribution in [3.8, 4) is 17.6 Å². The zero-order valence-corrected chi connectivity index (χ0v) is 17.9. The van der Waals surface area contributed by atoms with E-state index in [0.717, 1.165) is 0 Å². The average Bonchev–Trinajstić information content (AvgIpc) is 2.78.